The number of pyridine rings is 1. The first-order valence-corrected chi connectivity index (χ1v) is 10.1. The predicted molar refractivity (Wildman–Crippen MR) is 102 cm³/mol. The van der Waals surface area contributed by atoms with Gasteiger partial charge in [-0.1, -0.05) is 11.6 Å². The summed E-state index contributed by atoms with van der Waals surface area (Å²) >= 11 is 5.75. The van der Waals surface area contributed by atoms with E-state index in [1.807, 2.05) is 6.07 Å². The van der Waals surface area contributed by atoms with Crippen molar-refractivity contribution >= 4 is 21.6 Å². The van der Waals surface area contributed by atoms with Crippen molar-refractivity contribution in [3.05, 3.63) is 77.5 Å². The minimum absolute atomic E-state index is 0.0295. The summed E-state index contributed by atoms with van der Waals surface area (Å²) < 4.78 is 38.2. The number of ether oxygens (including phenoxy) is 1. The number of furan rings is 1. The summed E-state index contributed by atoms with van der Waals surface area (Å²) in [6.45, 7) is 0.257. The second-order valence-electron chi connectivity index (χ2n) is 5.72. The molecule has 28 heavy (non-hydrogen) atoms. The molecule has 1 aromatic carbocycles. The van der Waals surface area contributed by atoms with Gasteiger partial charge in [0.1, 0.15) is 28.2 Å². The zero-order valence-corrected chi connectivity index (χ0v) is 16.2. The van der Waals surface area contributed by atoms with Crippen molar-refractivity contribution in [3.63, 3.8) is 0 Å². The van der Waals surface area contributed by atoms with Crippen molar-refractivity contribution in [1.82, 2.24) is 9.29 Å². The third kappa shape index (κ3) is 4.89. The number of aromatic nitrogens is 1. The van der Waals surface area contributed by atoms with E-state index in [4.69, 9.17) is 26.0 Å². The molecule has 3 rings (SSSR count). The Morgan fingerprint density at radius 3 is 2.57 bits per heavy atom. The van der Waals surface area contributed by atoms with Crippen molar-refractivity contribution in [2.75, 3.05) is 13.2 Å². The van der Waals surface area contributed by atoms with E-state index in [-0.39, 0.29) is 29.7 Å². The van der Waals surface area contributed by atoms with Crippen molar-refractivity contribution < 1.29 is 17.6 Å². The summed E-state index contributed by atoms with van der Waals surface area (Å²) in [5, 5.41) is 9.04. The quantitative estimate of drug-likeness (QED) is 0.520. The van der Waals surface area contributed by atoms with E-state index in [0.29, 0.717) is 17.1 Å². The molecule has 0 spiro atoms. The molecule has 0 saturated heterocycles. The lowest BCUT2D eigenvalue weighted by Crippen LogP contribution is -2.34. The van der Waals surface area contributed by atoms with E-state index >= 15 is 0 Å². The summed E-state index contributed by atoms with van der Waals surface area (Å²) in [6.07, 6.45) is 2.70. The number of hydrogen-bond acceptors (Lipinski definition) is 6. The molecule has 0 unspecified atom stereocenters. The first kappa shape index (κ1) is 19.9. The van der Waals surface area contributed by atoms with Gasteiger partial charge in [-0.05, 0) is 48.5 Å². The van der Waals surface area contributed by atoms with E-state index in [1.165, 1.54) is 28.9 Å². The van der Waals surface area contributed by atoms with E-state index in [9.17, 15) is 8.42 Å². The van der Waals surface area contributed by atoms with Gasteiger partial charge in [-0.25, -0.2) is 13.4 Å². The molecule has 0 bridgehead atoms. The van der Waals surface area contributed by atoms with Crippen molar-refractivity contribution in [2.45, 2.75) is 11.4 Å². The summed E-state index contributed by atoms with van der Waals surface area (Å²) in [6, 6.07) is 14.8. The Morgan fingerprint density at radius 2 is 1.96 bits per heavy atom. The molecular weight excluding hydrogens is 402 g/mol. The Morgan fingerprint density at radius 1 is 1.18 bits per heavy atom. The second kappa shape index (κ2) is 8.89. The fourth-order valence-corrected chi connectivity index (χ4v) is 3.86. The number of halogens is 1. The van der Waals surface area contributed by atoms with Gasteiger partial charge >= 0.3 is 0 Å². The lowest BCUT2D eigenvalue weighted by Gasteiger charge is -2.21. The minimum Gasteiger partial charge on any atom is -0.492 e. The van der Waals surface area contributed by atoms with E-state index in [2.05, 4.69) is 4.98 Å². The van der Waals surface area contributed by atoms with Gasteiger partial charge in [0.15, 0.2) is 0 Å². The molecule has 0 fully saturated rings. The Bertz CT molecular complexity index is 1040. The average Bonchev–Trinajstić information content (AvgIpc) is 3.21. The average molecular weight is 418 g/mol. The highest BCUT2D eigenvalue weighted by molar-refractivity contribution is 7.89. The van der Waals surface area contributed by atoms with Crippen LogP contribution in [0.15, 0.2) is 70.3 Å². The minimum atomic E-state index is -3.83. The molecule has 3 aromatic rings. The van der Waals surface area contributed by atoms with Crippen LogP contribution in [-0.2, 0) is 16.6 Å². The Balaban J connectivity index is 1.74. The van der Waals surface area contributed by atoms with Crippen molar-refractivity contribution in [1.29, 1.82) is 5.26 Å². The maximum Gasteiger partial charge on any atom is 0.245 e. The molecule has 0 aliphatic heterocycles. The lowest BCUT2D eigenvalue weighted by molar-refractivity contribution is 0.261. The molecule has 2 aromatic heterocycles. The standard InChI is InChI=1S/C19H16ClN3O4S/c20-19-8-7-18(13-22-19)28(24,25)23(14-17-2-1-10-26-17)9-11-27-16-5-3-15(12-21)4-6-16/h1-8,10,13H,9,11,14H2. The fraction of sp³-hybridized carbons (Fsp3) is 0.158. The van der Waals surface area contributed by atoms with Gasteiger partial charge in [-0.2, -0.15) is 9.57 Å². The van der Waals surface area contributed by atoms with Crippen LogP contribution in [-0.4, -0.2) is 30.9 Å². The normalized spacial score (nSPS) is 11.3. The van der Waals surface area contributed by atoms with Crippen LogP contribution >= 0.6 is 11.6 Å². The predicted octanol–water partition coefficient (Wildman–Crippen LogP) is 3.47. The molecule has 0 atom stereocenters. The SMILES string of the molecule is N#Cc1ccc(OCCN(Cc2ccco2)S(=O)(=O)c2ccc(Cl)nc2)cc1. The number of nitriles is 1. The number of hydrogen-bond donors (Lipinski definition) is 0. The van der Waals surface area contributed by atoms with Crippen LogP contribution in [0.5, 0.6) is 5.75 Å². The van der Waals surface area contributed by atoms with Crippen LogP contribution in [0.4, 0.5) is 0 Å². The zero-order chi connectivity index (χ0) is 20.0. The molecule has 0 aliphatic rings. The van der Waals surface area contributed by atoms with E-state index in [1.54, 1.807) is 36.4 Å². The van der Waals surface area contributed by atoms with E-state index < -0.39 is 10.0 Å². The highest BCUT2D eigenvalue weighted by Crippen LogP contribution is 2.20. The smallest absolute Gasteiger partial charge is 0.245 e. The largest absolute Gasteiger partial charge is 0.492 e. The Labute approximate surface area is 167 Å². The van der Waals surface area contributed by atoms with Crippen LogP contribution in [0, 0.1) is 11.3 Å². The molecule has 0 amide bonds. The maximum atomic E-state index is 13.0. The van der Waals surface area contributed by atoms with Crippen molar-refractivity contribution in [2.24, 2.45) is 0 Å². The molecule has 0 N–H and O–H groups in total. The Hall–Kier alpha value is -2.86. The van der Waals surface area contributed by atoms with Crippen LogP contribution in [0.25, 0.3) is 0 Å². The summed E-state index contributed by atoms with van der Waals surface area (Å²) in [5.74, 6) is 1.05. The molecule has 144 valence electrons. The second-order valence-corrected chi connectivity index (χ2v) is 8.04. The van der Waals surface area contributed by atoms with E-state index in [0.717, 1.165) is 0 Å². The number of rotatable bonds is 8. The van der Waals surface area contributed by atoms with Gasteiger partial charge in [0, 0.05) is 12.7 Å². The molecule has 9 heteroatoms. The van der Waals surface area contributed by atoms with Crippen molar-refractivity contribution in [3.8, 4) is 11.8 Å². The molecule has 0 saturated carbocycles. The third-order valence-electron chi connectivity index (χ3n) is 3.84. The van der Waals surface area contributed by atoms with Crippen LogP contribution in [0.3, 0.4) is 0 Å². The van der Waals surface area contributed by atoms with Gasteiger partial charge < -0.3 is 9.15 Å². The summed E-state index contributed by atoms with van der Waals surface area (Å²) in [4.78, 5) is 3.88. The number of sulfonamides is 1. The zero-order valence-electron chi connectivity index (χ0n) is 14.7. The first-order chi connectivity index (χ1) is 13.5. The van der Waals surface area contributed by atoms with Crippen LogP contribution in [0.2, 0.25) is 5.15 Å². The Kier molecular flexibility index (Phi) is 6.31. The molecule has 2 heterocycles. The summed E-state index contributed by atoms with van der Waals surface area (Å²) in [5.41, 5.74) is 0.518. The molecule has 0 aliphatic carbocycles. The molecular formula is C19H16ClN3O4S. The van der Waals surface area contributed by atoms with Crippen LogP contribution < -0.4 is 4.74 Å². The molecule has 0 radical (unpaired) electrons. The van der Waals surface area contributed by atoms with Gasteiger partial charge in [0.2, 0.25) is 10.0 Å². The van der Waals surface area contributed by atoms with Gasteiger partial charge in [0.05, 0.1) is 24.4 Å². The van der Waals surface area contributed by atoms with Crippen LogP contribution in [0.1, 0.15) is 11.3 Å². The lowest BCUT2D eigenvalue weighted by atomic mass is 10.2. The highest BCUT2D eigenvalue weighted by Gasteiger charge is 2.26. The van der Waals surface area contributed by atoms with Gasteiger partial charge in [-0.15, -0.1) is 0 Å². The highest BCUT2D eigenvalue weighted by atomic mass is 35.5. The van der Waals surface area contributed by atoms with Gasteiger partial charge in [-0.3, -0.25) is 0 Å². The summed E-state index contributed by atoms with van der Waals surface area (Å²) in [7, 11) is -3.83. The topological polar surface area (TPSA) is 96.4 Å². The third-order valence-corrected chi connectivity index (χ3v) is 5.90. The first-order valence-electron chi connectivity index (χ1n) is 8.26. The fourth-order valence-electron chi connectivity index (χ4n) is 2.42. The molecule has 7 nitrogen and oxygen atoms in total. The monoisotopic (exact) mass is 417 g/mol. The van der Waals surface area contributed by atoms with Gasteiger partial charge in [0.25, 0.3) is 0 Å². The number of benzene rings is 1. The number of nitrogens with zero attached hydrogens (tertiary/aromatic N) is 3. The maximum absolute atomic E-state index is 13.0.